The number of hydrogen-bond acceptors (Lipinski definition) is 8. The molecule has 3 saturated carbocycles. The quantitative estimate of drug-likeness (QED) is 0.536. The molecular weight excluding hydrogens is 458 g/mol. The lowest BCUT2D eigenvalue weighted by Crippen LogP contribution is -2.70. The fraction of sp³-hybridized carbons (Fsp3) is 0.375. The van der Waals surface area contributed by atoms with Crippen molar-refractivity contribution in [2.45, 2.75) is 50.8 Å². The molecule has 1 amide bonds. The van der Waals surface area contributed by atoms with Gasteiger partial charge in [-0.15, -0.1) is 0 Å². The van der Waals surface area contributed by atoms with E-state index in [4.69, 9.17) is 10.00 Å². The molecule has 2 bridgehead atoms. The third-order valence-electron chi connectivity index (χ3n) is 6.77. The van der Waals surface area contributed by atoms with Gasteiger partial charge in [0.1, 0.15) is 17.0 Å². The number of nitrogens with zero attached hydrogens (tertiary/aromatic N) is 4. The number of halogens is 2. The molecule has 1 aromatic carbocycles. The zero-order valence-electron chi connectivity index (χ0n) is 18.8. The van der Waals surface area contributed by atoms with E-state index in [1.807, 2.05) is 11.4 Å². The first-order valence-electron chi connectivity index (χ1n) is 10.8. The predicted octanol–water partition coefficient (Wildman–Crippen LogP) is 3.43. The number of hydrogen-bond donors (Lipinski definition) is 3. The van der Waals surface area contributed by atoms with Gasteiger partial charge in [0.05, 0.1) is 17.6 Å². The first kappa shape index (κ1) is 22.7. The Balaban J connectivity index is 1.57. The lowest BCUT2D eigenvalue weighted by molar-refractivity contribution is -0.113. The number of ether oxygens (including phenoxy) is 1. The van der Waals surface area contributed by atoms with E-state index in [2.05, 4.69) is 21.4 Å². The highest BCUT2D eigenvalue weighted by molar-refractivity contribution is 5.99. The molecule has 0 saturated heterocycles. The molecule has 11 heteroatoms. The zero-order valence-corrected chi connectivity index (χ0v) is 18.8. The zero-order chi connectivity index (χ0) is 25.2. The van der Waals surface area contributed by atoms with E-state index in [1.165, 1.54) is 6.08 Å². The monoisotopic (exact) mass is 478 g/mol. The first-order valence-corrected chi connectivity index (χ1v) is 10.8. The largest absolute Gasteiger partial charge is 0.438 e. The highest BCUT2D eigenvalue weighted by atomic mass is 19.3. The van der Waals surface area contributed by atoms with Crippen molar-refractivity contribution in [2.24, 2.45) is 5.41 Å². The number of aryl methyl sites for hydroxylation is 2. The molecule has 1 aliphatic heterocycles. The molecule has 178 valence electrons. The lowest BCUT2D eigenvalue weighted by atomic mass is 9.40. The van der Waals surface area contributed by atoms with Crippen LogP contribution in [0.25, 0.3) is 6.08 Å². The number of aliphatic hydroxyl groups is 1. The van der Waals surface area contributed by atoms with E-state index in [0.717, 1.165) is 5.56 Å². The minimum atomic E-state index is -3.37. The second-order valence-electron chi connectivity index (χ2n) is 9.47. The summed E-state index contributed by atoms with van der Waals surface area (Å²) in [6.07, 6.45) is 1.35. The summed E-state index contributed by atoms with van der Waals surface area (Å²) in [5.41, 5.74) is -2.73. The molecule has 3 N–H and O–H groups in total. The van der Waals surface area contributed by atoms with Gasteiger partial charge in [-0.1, -0.05) is 0 Å². The maximum absolute atomic E-state index is 13.9. The van der Waals surface area contributed by atoms with Crippen LogP contribution < -0.4 is 15.4 Å². The molecule has 4 aliphatic rings. The maximum atomic E-state index is 13.9. The number of nitrogens with one attached hydrogen (secondary N) is 2. The smallest absolute Gasteiger partial charge is 0.290 e. The van der Waals surface area contributed by atoms with Gasteiger partial charge in [-0.25, -0.2) is 13.8 Å². The Morgan fingerprint density at radius 3 is 2.46 bits per heavy atom. The molecule has 6 rings (SSSR count). The molecule has 1 aromatic heterocycles. The summed E-state index contributed by atoms with van der Waals surface area (Å²) in [4.78, 5) is 20.9. The Bertz CT molecular complexity index is 1350. The summed E-state index contributed by atoms with van der Waals surface area (Å²) in [7, 11) is 0. The van der Waals surface area contributed by atoms with Crippen molar-refractivity contribution < 1.29 is 23.4 Å². The van der Waals surface area contributed by atoms with E-state index in [9.17, 15) is 23.9 Å². The van der Waals surface area contributed by atoms with Gasteiger partial charge in [0.2, 0.25) is 17.6 Å². The van der Waals surface area contributed by atoms with Crippen LogP contribution in [0.3, 0.4) is 0 Å². The molecule has 3 fully saturated rings. The SMILES string of the molecule is Cc1cc(/C=C/C#N)cc(C)c1Oc1nc(NC23CC(C#N)(C2)C3)nc2c1[C@@](O)(C(F)F)NC2=O. The molecule has 0 unspecified atom stereocenters. The third-order valence-corrected chi connectivity index (χ3v) is 6.77. The van der Waals surface area contributed by atoms with Crippen LogP contribution in [0.4, 0.5) is 14.7 Å². The van der Waals surface area contributed by atoms with E-state index >= 15 is 0 Å². The summed E-state index contributed by atoms with van der Waals surface area (Å²) in [5, 5.41) is 33.7. The summed E-state index contributed by atoms with van der Waals surface area (Å²) in [5.74, 6) is -1.07. The molecule has 3 aliphatic carbocycles. The average Bonchev–Trinajstić information content (AvgIpc) is 3.02. The van der Waals surface area contributed by atoms with E-state index < -0.39 is 34.9 Å². The fourth-order valence-electron chi connectivity index (χ4n) is 5.28. The Hall–Kier alpha value is -4.09. The summed E-state index contributed by atoms with van der Waals surface area (Å²) >= 11 is 0. The summed E-state index contributed by atoms with van der Waals surface area (Å²) in [6.45, 7) is 3.47. The maximum Gasteiger partial charge on any atom is 0.290 e. The van der Waals surface area contributed by atoms with E-state index in [1.54, 1.807) is 32.1 Å². The number of carbonyl (C=O) groups is 1. The van der Waals surface area contributed by atoms with Crippen LogP contribution in [-0.4, -0.2) is 32.9 Å². The van der Waals surface area contributed by atoms with Crippen LogP contribution >= 0.6 is 0 Å². The predicted molar refractivity (Wildman–Crippen MR) is 118 cm³/mol. The standard InChI is InChI=1S/C24H20F2N6O3/c1-12-6-14(4-3-5-27)7-13(2)17(12)35-19-15-16(18(33)31-24(15,34)20(25)26)29-21(30-19)32-23-8-22(9-23,10-23)11-28/h3-4,6-7,20,34H,8-10H2,1-2H3,(H,31,33)(H,29,30,32)/b4-3+/t22?,23?,24-/m1/s1. The van der Waals surface area contributed by atoms with E-state index in [0.29, 0.717) is 36.1 Å². The van der Waals surface area contributed by atoms with Crippen LogP contribution in [0.15, 0.2) is 18.2 Å². The van der Waals surface area contributed by atoms with Crippen LogP contribution in [-0.2, 0) is 5.72 Å². The number of rotatable bonds is 6. The van der Waals surface area contributed by atoms with Crippen molar-refractivity contribution in [3.8, 4) is 23.8 Å². The van der Waals surface area contributed by atoms with Gasteiger partial charge < -0.3 is 20.5 Å². The van der Waals surface area contributed by atoms with Crippen LogP contribution in [0.1, 0.15) is 52.0 Å². The van der Waals surface area contributed by atoms with Crippen molar-refractivity contribution in [3.63, 3.8) is 0 Å². The number of aromatic nitrogens is 2. The Morgan fingerprint density at radius 1 is 1.23 bits per heavy atom. The Labute approximate surface area is 199 Å². The number of anilines is 1. The molecule has 1 atom stereocenters. The van der Waals surface area contributed by atoms with E-state index in [-0.39, 0.29) is 17.2 Å². The Morgan fingerprint density at radius 2 is 1.89 bits per heavy atom. The minimum Gasteiger partial charge on any atom is -0.438 e. The van der Waals surface area contributed by atoms with Crippen LogP contribution in [0, 0.1) is 41.9 Å². The molecular formula is C24H20F2N6O3. The second kappa shape index (κ2) is 7.45. The number of allylic oxidation sites excluding steroid dienone is 1. The van der Waals surface area contributed by atoms with Crippen molar-refractivity contribution in [3.05, 3.63) is 46.2 Å². The van der Waals surface area contributed by atoms with Crippen molar-refractivity contribution >= 4 is 17.9 Å². The van der Waals surface area contributed by atoms with Gasteiger partial charge >= 0.3 is 0 Å². The summed E-state index contributed by atoms with van der Waals surface area (Å²) in [6, 6.07) is 7.68. The molecule has 0 radical (unpaired) electrons. The van der Waals surface area contributed by atoms with Gasteiger partial charge in [-0.2, -0.15) is 15.5 Å². The fourth-order valence-corrected chi connectivity index (χ4v) is 5.28. The van der Waals surface area contributed by atoms with Gasteiger partial charge in [0, 0.05) is 11.6 Å². The Kier molecular flexibility index (Phi) is 4.83. The summed E-state index contributed by atoms with van der Waals surface area (Å²) < 4.78 is 33.8. The molecule has 2 aromatic rings. The number of nitriles is 2. The minimum absolute atomic E-state index is 0.0115. The number of carbonyl (C=O) groups excluding carboxylic acids is 1. The average molecular weight is 478 g/mol. The third kappa shape index (κ3) is 3.39. The topological polar surface area (TPSA) is 144 Å². The van der Waals surface area contributed by atoms with Crippen molar-refractivity contribution in [1.82, 2.24) is 15.3 Å². The van der Waals surface area contributed by atoms with Gasteiger partial charge in [-0.3, -0.25) is 4.79 Å². The number of fused-ring (bicyclic) bond motifs is 1. The normalized spacial score (nSPS) is 27.9. The lowest BCUT2D eigenvalue weighted by Gasteiger charge is -2.66. The number of alkyl halides is 2. The van der Waals surface area contributed by atoms with Gasteiger partial charge in [-0.05, 0) is 68.0 Å². The molecule has 9 nitrogen and oxygen atoms in total. The molecule has 2 heterocycles. The number of amides is 1. The highest BCUT2D eigenvalue weighted by Gasteiger charge is 2.69. The molecule has 35 heavy (non-hydrogen) atoms. The number of benzene rings is 1. The highest BCUT2D eigenvalue weighted by Crippen LogP contribution is 2.67. The van der Waals surface area contributed by atoms with Crippen LogP contribution in [0.5, 0.6) is 11.6 Å². The second-order valence-corrected chi connectivity index (χ2v) is 9.47. The van der Waals surface area contributed by atoms with Gasteiger partial charge in [0.15, 0.2) is 0 Å². The molecule has 0 spiro atoms. The van der Waals surface area contributed by atoms with Crippen molar-refractivity contribution in [2.75, 3.05) is 5.32 Å². The first-order chi connectivity index (χ1) is 16.5. The van der Waals surface area contributed by atoms with Crippen molar-refractivity contribution in [1.29, 1.82) is 10.5 Å². The van der Waals surface area contributed by atoms with Gasteiger partial charge in [0.25, 0.3) is 12.3 Å². The van der Waals surface area contributed by atoms with Crippen LogP contribution in [0.2, 0.25) is 0 Å².